The molecule has 0 saturated carbocycles. The molecule has 0 aliphatic carbocycles. The summed E-state index contributed by atoms with van der Waals surface area (Å²) in [4.78, 5) is 11.3. The summed E-state index contributed by atoms with van der Waals surface area (Å²) in [6.07, 6.45) is -1.08. The maximum atomic E-state index is 11.3. The smallest absolute Gasteiger partial charge is 0.411 e. The van der Waals surface area contributed by atoms with Gasteiger partial charge in [-0.25, -0.2) is 4.79 Å². The zero-order valence-corrected chi connectivity index (χ0v) is 11.2. The molecule has 102 valence electrons. The summed E-state index contributed by atoms with van der Waals surface area (Å²) < 4.78 is 21.0. The Bertz CT molecular complexity index is 216. The lowest BCUT2D eigenvalue weighted by Crippen LogP contribution is -2.60. The summed E-state index contributed by atoms with van der Waals surface area (Å²) >= 11 is 0. The highest BCUT2D eigenvalue weighted by Gasteiger charge is 2.41. The van der Waals surface area contributed by atoms with Crippen LogP contribution in [0.2, 0.25) is 0 Å². The van der Waals surface area contributed by atoms with Crippen LogP contribution in [0.1, 0.15) is 27.7 Å². The lowest BCUT2D eigenvalue weighted by Gasteiger charge is -2.37. The van der Waals surface area contributed by atoms with E-state index in [1.54, 1.807) is 6.92 Å². The maximum absolute atomic E-state index is 11.3. The van der Waals surface area contributed by atoms with Crippen molar-refractivity contribution in [1.82, 2.24) is 5.32 Å². The lowest BCUT2D eigenvalue weighted by atomic mass is 10.3. The molecule has 0 aliphatic heterocycles. The van der Waals surface area contributed by atoms with Crippen molar-refractivity contribution >= 4 is 6.09 Å². The zero-order chi connectivity index (χ0) is 13.3. The number of ether oxygens (including phenoxy) is 4. The van der Waals surface area contributed by atoms with Crippen molar-refractivity contribution in [2.75, 3.05) is 26.9 Å². The summed E-state index contributed by atoms with van der Waals surface area (Å²) in [7, 11) is 1.28. The van der Waals surface area contributed by atoms with E-state index in [0.29, 0.717) is 19.8 Å². The molecule has 0 aromatic carbocycles. The molecule has 1 atom stereocenters. The largest absolute Gasteiger partial charge is 0.453 e. The Labute approximate surface area is 103 Å². The molecular weight excluding hydrogens is 226 g/mol. The summed E-state index contributed by atoms with van der Waals surface area (Å²) in [6, 6.07) is 0. The number of amides is 1. The fraction of sp³-hybridized carbons (Fsp3) is 0.909. The van der Waals surface area contributed by atoms with Crippen molar-refractivity contribution in [2.45, 2.75) is 39.7 Å². The minimum atomic E-state index is -1.31. The Morgan fingerprint density at radius 1 is 1.18 bits per heavy atom. The van der Waals surface area contributed by atoms with E-state index in [4.69, 9.17) is 14.2 Å². The molecule has 0 radical (unpaired) electrons. The minimum Gasteiger partial charge on any atom is -0.453 e. The van der Waals surface area contributed by atoms with Crippen molar-refractivity contribution in [1.29, 1.82) is 0 Å². The van der Waals surface area contributed by atoms with E-state index in [0.717, 1.165) is 0 Å². The normalized spacial score (nSPS) is 13.2. The molecule has 0 fully saturated rings. The quantitative estimate of drug-likeness (QED) is 0.660. The summed E-state index contributed by atoms with van der Waals surface area (Å²) in [6.45, 7) is 8.49. The SMILES string of the molecule is CCOC(C)C(NC(=O)OC)(OCC)OCC. The number of rotatable bonds is 8. The molecule has 0 rings (SSSR count). The molecule has 0 aliphatic rings. The highest BCUT2D eigenvalue weighted by molar-refractivity contribution is 5.67. The number of hydrogen-bond acceptors (Lipinski definition) is 5. The first-order chi connectivity index (χ1) is 8.06. The number of methoxy groups -OCH3 is 1. The molecule has 0 bridgehead atoms. The van der Waals surface area contributed by atoms with E-state index in [1.807, 2.05) is 20.8 Å². The van der Waals surface area contributed by atoms with Crippen LogP contribution in [0, 0.1) is 0 Å². The monoisotopic (exact) mass is 249 g/mol. The number of carbonyl (C=O) groups excluding carboxylic acids is 1. The Hall–Kier alpha value is -0.850. The summed E-state index contributed by atoms with van der Waals surface area (Å²) in [5.74, 6) is -1.31. The van der Waals surface area contributed by atoms with Crippen LogP contribution in [0.25, 0.3) is 0 Å². The molecule has 0 heterocycles. The van der Waals surface area contributed by atoms with Gasteiger partial charge in [0, 0.05) is 19.8 Å². The molecule has 1 amide bonds. The van der Waals surface area contributed by atoms with Gasteiger partial charge in [0.2, 0.25) is 0 Å². The van der Waals surface area contributed by atoms with Crippen molar-refractivity contribution in [3.8, 4) is 0 Å². The van der Waals surface area contributed by atoms with E-state index in [9.17, 15) is 4.79 Å². The van der Waals surface area contributed by atoms with E-state index in [-0.39, 0.29) is 0 Å². The molecule has 1 unspecified atom stereocenters. The average molecular weight is 249 g/mol. The zero-order valence-electron chi connectivity index (χ0n) is 11.2. The fourth-order valence-electron chi connectivity index (χ4n) is 1.43. The van der Waals surface area contributed by atoms with Crippen LogP contribution < -0.4 is 5.32 Å². The second kappa shape index (κ2) is 8.27. The van der Waals surface area contributed by atoms with Gasteiger partial charge in [0.1, 0.15) is 6.10 Å². The third-order valence-electron chi connectivity index (χ3n) is 2.13. The van der Waals surface area contributed by atoms with Gasteiger partial charge in [-0.05, 0) is 27.7 Å². The summed E-state index contributed by atoms with van der Waals surface area (Å²) in [5, 5.41) is 2.54. The molecule has 6 nitrogen and oxygen atoms in total. The van der Waals surface area contributed by atoms with E-state index >= 15 is 0 Å². The molecule has 0 aromatic heterocycles. The van der Waals surface area contributed by atoms with Gasteiger partial charge in [-0.1, -0.05) is 0 Å². The molecule has 0 spiro atoms. The van der Waals surface area contributed by atoms with Gasteiger partial charge in [0.15, 0.2) is 0 Å². The van der Waals surface area contributed by atoms with Crippen LogP contribution in [0.3, 0.4) is 0 Å². The maximum Gasteiger partial charge on any atom is 0.411 e. The van der Waals surface area contributed by atoms with Gasteiger partial charge in [0.05, 0.1) is 7.11 Å². The highest BCUT2D eigenvalue weighted by Crippen LogP contribution is 2.18. The van der Waals surface area contributed by atoms with E-state index < -0.39 is 18.1 Å². The van der Waals surface area contributed by atoms with Crippen LogP contribution in [0.4, 0.5) is 4.79 Å². The van der Waals surface area contributed by atoms with E-state index in [2.05, 4.69) is 10.1 Å². The topological polar surface area (TPSA) is 66.0 Å². The predicted octanol–water partition coefficient (Wildman–Crippen LogP) is 1.49. The predicted molar refractivity (Wildman–Crippen MR) is 62.6 cm³/mol. The molecule has 17 heavy (non-hydrogen) atoms. The number of alkyl carbamates (subject to hydrolysis) is 1. The van der Waals surface area contributed by atoms with Gasteiger partial charge in [-0.15, -0.1) is 0 Å². The van der Waals surface area contributed by atoms with Gasteiger partial charge < -0.3 is 18.9 Å². The van der Waals surface area contributed by atoms with E-state index in [1.165, 1.54) is 7.11 Å². The Morgan fingerprint density at radius 2 is 1.71 bits per heavy atom. The van der Waals surface area contributed by atoms with Gasteiger partial charge in [0.25, 0.3) is 5.91 Å². The van der Waals surface area contributed by atoms with Crippen LogP contribution in [-0.2, 0) is 18.9 Å². The third-order valence-corrected chi connectivity index (χ3v) is 2.13. The highest BCUT2D eigenvalue weighted by atomic mass is 16.7. The number of nitrogens with one attached hydrogen (secondary N) is 1. The molecule has 6 heteroatoms. The Balaban J connectivity index is 4.88. The Morgan fingerprint density at radius 3 is 2.06 bits per heavy atom. The lowest BCUT2D eigenvalue weighted by molar-refractivity contribution is -0.296. The second-order valence-electron chi connectivity index (χ2n) is 3.25. The Kier molecular flexibility index (Phi) is 7.86. The van der Waals surface area contributed by atoms with Crippen LogP contribution in [-0.4, -0.2) is 45.0 Å². The number of hydrogen-bond donors (Lipinski definition) is 1. The molecule has 0 aromatic rings. The molecule has 1 N–H and O–H groups in total. The van der Waals surface area contributed by atoms with Crippen LogP contribution in [0.15, 0.2) is 0 Å². The third kappa shape index (κ3) is 4.89. The average Bonchev–Trinajstić information content (AvgIpc) is 2.29. The van der Waals surface area contributed by atoms with Crippen molar-refractivity contribution < 1.29 is 23.7 Å². The minimum absolute atomic E-state index is 0.376. The first kappa shape index (κ1) is 16.1. The fourth-order valence-corrected chi connectivity index (χ4v) is 1.43. The van der Waals surface area contributed by atoms with Crippen molar-refractivity contribution in [3.05, 3.63) is 0 Å². The van der Waals surface area contributed by atoms with Crippen molar-refractivity contribution in [3.63, 3.8) is 0 Å². The van der Waals surface area contributed by atoms with Crippen LogP contribution >= 0.6 is 0 Å². The molecule has 0 saturated heterocycles. The second-order valence-corrected chi connectivity index (χ2v) is 3.25. The molecular formula is C11H23NO5. The standard InChI is InChI=1S/C11H23NO5/c1-6-15-9(4)11(16-7-2,17-8-3)12-10(13)14-5/h9H,6-8H2,1-5H3,(H,12,13). The number of carbonyl (C=O) groups is 1. The van der Waals surface area contributed by atoms with Crippen molar-refractivity contribution in [2.24, 2.45) is 0 Å². The first-order valence-corrected chi connectivity index (χ1v) is 5.81. The van der Waals surface area contributed by atoms with Crippen LogP contribution in [0.5, 0.6) is 0 Å². The van der Waals surface area contributed by atoms with Gasteiger partial charge in [-0.2, -0.15) is 0 Å². The first-order valence-electron chi connectivity index (χ1n) is 5.81. The van der Waals surface area contributed by atoms with Gasteiger partial charge >= 0.3 is 6.09 Å². The van der Waals surface area contributed by atoms with Gasteiger partial charge in [-0.3, -0.25) is 5.32 Å². The summed E-state index contributed by atoms with van der Waals surface area (Å²) in [5.41, 5.74) is 0.